The van der Waals surface area contributed by atoms with E-state index in [1.165, 1.54) is 12.7 Å². The Morgan fingerprint density at radius 3 is 2.48 bits per heavy atom. The van der Waals surface area contributed by atoms with Crippen LogP contribution in [0.3, 0.4) is 0 Å². The first-order chi connectivity index (χ1) is 14.9. The Morgan fingerprint density at radius 1 is 1.06 bits per heavy atom. The number of benzene rings is 2. The van der Waals surface area contributed by atoms with Crippen LogP contribution in [0.1, 0.15) is 34.3 Å². The van der Waals surface area contributed by atoms with E-state index in [9.17, 15) is 14.7 Å². The van der Waals surface area contributed by atoms with Crippen LogP contribution in [0, 0.1) is 18.8 Å². The molecule has 4 rings (SSSR count). The average molecular weight is 424 g/mol. The van der Waals surface area contributed by atoms with E-state index >= 15 is 0 Å². The Bertz CT molecular complexity index is 941. The number of rotatable bonds is 5. The molecular weight excluding hydrogens is 394 g/mol. The van der Waals surface area contributed by atoms with Crippen molar-refractivity contribution in [3.05, 3.63) is 65.2 Å². The van der Waals surface area contributed by atoms with Crippen LogP contribution in [0.4, 0.5) is 0 Å². The number of aliphatic hydroxyl groups excluding tert-OH is 1. The lowest BCUT2D eigenvalue weighted by molar-refractivity contribution is -0.129. The van der Waals surface area contributed by atoms with Gasteiger partial charge in [0.25, 0.3) is 0 Å². The van der Waals surface area contributed by atoms with Crippen molar-refractivity contribution in [1.29, 1.82) is 0 Å². The number of hydrogen-bond acceptors (Lipinski definition) is 5. The monoisotopic (exact) mass is 423 g/mol. The first kappa shape index (κ1) is 21.4. The summed E-state index contributed by atoms with van der Waals surface area (Å²) in [6, 6.07) is 14.9. The smallest absolute Gasteiger partial charge is 0.337 e. The lowest BCUT2D eigenvalue weighted by Crippen LogP contribution is -2.42. The van der Waals surface area contributed by atoms with Gasteiger partial charge in [0.1, 0.15) is 11.9 Å². The van der Waals surface area contributed by atoms with Crippen LogP contribution in [0.2, 0.25) is 0 Å². The number of aryl methyl sites for hydroxylation is 1. The number of likely N-dealkylation sites (tertiary alicyclic amines) is 1. The molecule has 0 radical (unpaired) electrons. The van der Waals surface area contributed by atoms with E-state index in [1.807, 2.05) is 36.1 Å². The molecule has 0 bridgehead atoms. The zero-order chi connectivity index (χ0) is 22.0. The third-order valence-electron chi connectivity index (χ3n) is 6.46. The molecule has 0 unspecified atom stereocenters. The van der Waals surface area contributed by atoms with E-state index in [2.05, 4.69) is 0 Å². The summed E-state index contributed by atoms with van der Waals surface area (Å²) in [7, 11) is 1.34. The minimum absolute atomic E-state index is 0.135. The second-order valence-corrected chi connectivity index (χ2v) is 8.70. The van der Waals surface area contributed by atoms with Crippen LogP contribution in [-0.4, -0.2) is 54.3 Å². The van der Waals surface area contributed by atoms with E-state index in [1.54, 1.807) is 24.3 Å². The van der Waals surface area contributed by atoms with Crippen LogP contribution in [0.15, 0.2) is 48.5 Å². The molecule has 2 aliphatic rings. The molecule has 0 aromatic heterocycles. The quantitative estimate of drug-likeness (QED) is 0.749. The lowest BCUT2D eigenvalue weighted by atomic mass is 9.78. The summed E-state index contributed by atoms with van der Waals surface area (Å²) in [6.07, 6.45) is 0.738. The van der Waals surface area contributed by atoms with Crippen molar-refractivity contribution in [3.8, 4) is 5.75 Å². The van der Waals surface area contributed by atoms with Gasteiger partial charge in [-0.2, -0.15) is 0 Å². The topological polar surface area (TPSA) is 76.1 Å². The van der Waals surface area contributed by atoms with Gasteiger partial charge in [-0.15, -0.1) is 0 Å². The highest BCUT2D eigenvalue weighted by atomic mass is 16.5. The van der Waals surface area contributed by atoms with Crippen LogP contribution in [-0.2, 0) is 16.0 Å². The van der Waals surface area contributed by atoms with Crippen molar-refractivity contribution < 1.29 is 24.2 Å². The van der Waals surface area contributed by atoms with Crippen molar-refractivity contribution in [1.82, 2.24) is 4.90 Å². The molecule has 1 heterocycles. The number of carbonyl (C=O) groups excluding carboxylic acids is 2. The predicted octanol–water partition coefficient (Wildman–Crippen LogP) is 3.00. The minimum Gasteiger partial charge on any atom is -0.488 e. The number of esters is 1. The standard InChI is InChI=1S/C25H29NO5/c1-16-6-8-17(9-7-16)10-24(28)26-14-19-12-22(27)23(13-20(19)15-26)31-21-5-3-4-18(11-21)25(29)30-2/h3-9,11,19-20,22-23,27H,10,12-15H2,1-2H3/t19-,20+,22+,23+/m0/s1. The highest BCUT2D eigenvalue weighted by Crippen LogP contribution is 2.38. The molecular formula is C25H29NO5. The number of aliphatic hydroxyl groups is 1. The highest BCUT2D eigenvalue weighted by Gasteiger charge is 2.43. The largest absolute Gasteiger partial charge is 0.488 e. The molecule has 6 nitrogen and oxygen atoms in total. The molecule has 2 fully saturated rings. The summed E-state index contributed by atoms with van der Waals surface area (Å²) in [4.78, 5) is 26.5. The maximum atomic E-state index is 12.8. The zero-order valence-corrected chi connectivity index (χ0v) is 18.0. The summed E-state index contributed by atoms with van der Waals surface area (Å²) in [5.41, 5.74) is 2.62. The molecule has 4 atom stereocenters. The van der Waals surface area contributed by atoms with Crippen LogP contribution in [0.25, 0.3) is 0 Å². The fourth-order valence-electron chi connectivity index (χ4n) is 4.70. The van der Waals surface area contributed by atoms with Gasteiger partial charge < -0.3 is 19.5 Å². The summed E-state index contributed by atoms with van der Waals surface area (Å²) >= 11 is 0. The maximum absolute atomic E-state index is 12.8. The summed E-state index contributed by atoms with van der Waals surface area (Å²) < 4.78 is 10.8. The number of fused-ring (bicyclic) bond motifs is 1. The maximum Gasteiger partial charge on any atom is 0.337 e. The van der Waals surface area contributed by atoms with Gasteiger partial charge in [-0.05, 0) is 55.4 Å². The van der Waals surface area contributed by atoms with E-state index in [4.69, 9.17) is 9.47 Å². The Balaban J connectivity index is 1.37. The van der Waals surface area contributed by atoms with E-state index < -0.39 is 12.1 Å². The van der Waals surface area contributed by atoms with Crippen LogP contribution < -0.4 is 4.74 Å². The number of ether oxygens (including phenoxy) is 2. The molecule has 1 saturated heterocycles. The molecule has 0 spiro atoms. The van der Waals surface area contributed by atoms with Gasteiger partial charge in [0.15, 0.2) is 0 Å². The van der Waals surface area contributed by atoms with Crippen LogP contribution >= 0.6 is 0 Å². The second-order valence-electron chi connectivity index (χ2n) is 8.70. The number of methoxy groups -OCH3 is 1. The minimum atomic E-state index is -0.602. The second kappa shape index (κ2) is 9.10. The molecule has 1 aliphatic heterocycles. The Kier molecular flexibility index (Phi) is 6.28. The number of nitrogens with zero attached hydrogens (tertiary/aromatic N) is 1. The zero-order valence-electron chi connectivity index (χ0n) is 18.0. The third-order valence-corrected chi connectivity index (χ3v) is 6.46. The van der Waals surface area contributed by atoms with Gasteiger partial charge in [0.2, 0.25) is 5.91 Å². The van der Waals surface area contributed by atoms with Gasteiger partial charge in [-0.25, -0.2) is 4.79 Å². The summed E-state index contributed by atoms with van der Waals surface area (Å²) in [5, 5.41) is 10.7. The van der Waals surface area contributed by atoms with Gasteiger partial charge in [0, 0.05) is 13.1 Å². The first-order valence-electron chi connectivity index (χ1n) is 10.8. The molecule has 164 valence electrons. The van der Waals surface area contributed by atoms with Crippen molar-refractivity contribution in [2.45, 2.75) is 38.4 Å². The molecule has 1 saturated carbocycles. The Labute approximate surface area is 182 Å². The van der Waals surface area contributed by atoms with Crippen molar-refractivity contribution in [3.63, 3.8) is 0 Å². The van der Waals surface area contributed by atoms with Crippen molar-refractivity contribution in [2.24, 2.45) is 11.8 Å². The van der Waals surface area contributed by atoms with Gasteiger partial charge in [-0.3, -0.25) is 4.79 Å². The highest BCUT2D eigenvalue weighted by molar-refractivity contribution is 5.89. The van der Waals surface area contributed by atoms with Crippen molar-refractivity contribution >= 4 is 11.9 Å². The van der Waals surface area contributed by atoms with Gasteiger partial charge in [0.05, 0.1) is 25.2 Å². The molecule has 1 aliphatic carbocycles. The number of carbonyl (C=O) groups is 2. The predicted molar refractivity (Wildman–Crippen MR) is 116 cm³/mol. The lowest BCUT2D eigenvalue weighted by Gasteiger charge is -2.35. The van der Waals surface area contributed by atoms with E-state index in [-0.39, 0.29) is 12.0 Å². The summed E-state index contributed by atoms with van der Waals surface area (Å²) in [6.45, 7) is 3.42. The molecule has 6 heteroatoms. The molecule has 2 aromatic rings. The Morgan fingerprint density at radius 2 is 1.77 bits per heavy atom. The van der Waals surface area contributed by atoms with Crippen molar-refractivity contribution in [2.75, 3.05) is 20.2 Å². The van der Waals surface area contributed by atoms with Crippen LogP contribution in [0.5, 0.6) is 5.75 Å². The van der Waals surface area contributed by atoms with Gasteiger partial charge >= 0.3 is 5.97 Å². The Hall–Kier alpha value is -2.86. The molecule has 31 heavy (non-hydrogen) atoms. The fraction of sp³-hybridized carbons (Fsp3) is 0.440. The summed E-state index contributed by atoms with van der Waals surface area (Å²) in [5.74, 6) is 0.845. The normalized spacial score (nSPS) is 25.1. The molecule has 1 amide bonds. The van der Waals surface area contributed by atoms with E-state index in [0.717, 1.165) is 5.56 Å². The molecule has 2 aromatic carbocycles. The fourth-order valence-corrected chi connectivity index (χ4v) is 4.70. The average Bonchev–Trinajstić information content (AvgIpc) is 3.18. The number of hydrogen-bond donors (Lipinski definition) is 1. The third kappa shape index (κ3) is 4.90. The SMILES string of the molecule is COC(=O)c1cccc(O[C@@H]2C[C@@H]3CN(C(=O)Cc4ccc(C)cc4)C[C@@H]3C[C@H]2O)c1. The van der Waals surface area contributed by atoms with Gasteiger partial charge in [-0.1, -0.05) is 35.9 Å². The number of amides is 1. The van der Waals surface area contributed by atoms with E-state index in [0.29, 0.717) is 55.5 Å². The molecule has 1 N–H and O–H groups in total. The first-order valence-corrected chi connectivity index (χ1v) is 10.8.